The highest BCUT2D eigenvalue weighted by Gasteiger charge is 2.29. The number of rotatable bonds is 8. The number of hydrogen-bond donors (Lipinski definition) is 2. The van der Waals surface area contributed by atoms with Gasteiger partial charge >= 0.3 is 0 Å². The van der Waals surface area contributed by atoms with E-state index in [1.807, 2.05) is 6.92 Å². The zero-order valence-electron chi connectivity index (χ0n) is 12.2. The molecule has 114 valence electrons. The lowest BCUT2D eigenvalue weighted by Crippen LogP contribution is -2.40. The van der Waals surface area contributed by atoms with E-state index in [1.54, 1.807) is 6.07 Å². The van der Waals surface area contributed by atoms with Gasteiger partial charge in [-0.2, -0.15) is 0 Å². The molecular weight excluding hydrogens is 276 g/mol. The number of furan rings is 1. The maximum Gasteiger partial charge on any atom is 0.274 e. The van der Waals surface area contributed by atoms with Gasteiger partial charge in [0.05, 0.1) is 6.54 Å². The lowest BCUT2D eigenvalue weighted by Gasteiger charge is -2.31. The molecule has 0 radical (unpaired) electrons. The van der Waals surface area contributed by atoms with Gasteiger partial charge in [0.15, 0.2) is 0 Å². The molecule has 1 aliphatic rings. The fourth-order valence-corrected chi connectivity index (χ4v) is 3.59. The van der Waals surface area contributed by atoms with Crippen LogP contribution in [0.5, 0.6) is 0 Å². The van der Waals surface area contributed by atoms with Gasteiger partial charge in [0.25, 0.3) is 10.0 Å². The van der Waals surface area contributed by atoms with Crippen molar-refractivity contribution in [3.05, 3.63) is 17.9 Å². The monoisotopic (exact) mass is 300 g/mol. The van der Waals surface area contributed by atoms with Gasteiger partial charge in [0.2, 0.25) is 5.09 Å². The van der Waals surface area contributed by atoms with Crippen molar-refractivity contribution in [3.8, 4) is 0 Å². The molecule has 2 rings (SSSR count). The molecule has 6 heteroatoms. The highest BCUT2D eigenvalue weighted by molar-refractivity contribution is 7.89. The molecule has 0 aromatic carbocycles. The summed E-state index contributed by atoms with van der Waals surface area (Å²) < 4.78 is 32.5. The summed E-state index contributed by atoms with van der Waals surface area (Å²) in [6.45, 7) is 5.45. The van der Waals surface area contributed by atoms with Crippen molar-refractivity contribution in [1.82, 2.24) is 10.0 Å². The van der Waals surface area contributed by atoms with Gasteiger partial charge < -0.3 is 9.73 Å². The van der Waals surface area contributed by atoms with Crippen LogP contribution in [0.1, 0.15) is 45.3 Å². The van der Waals surface area contributed by atoms with Crippen LogP contribution in [0.25, 0.3) is 0 Å². The second-order valence-electron chi connectivity index (χ2n) is 5.50. The predicted molar refractivity (Wildman–Crippen MR) is 77.8 cm³/mol. The van der Waals surface area contributed by atoms with Gasteiger partial charge in [0.1, 0.15) is 5.76 Å². The standard InChI is InChI=1S/C14H24N2O3S/c1-3-9-15-10-13-7-8-14(19-13)20(17,18)16-11(2)12-5-4-6-12/h7-8,11-12,15-16H,3-6,9-10H2,1-2H3. The van der Waals surface area contributed by atoms with Crippen molar-refractivity contribution in [2.75, 3.05) is 6.54 Å². The van der Waals surface area contributed by atoms with Crippen LogP contribution < -0.4 is 10.0 Å². The molecule has 1 unspecified atom stereocenters. The Morgan fingerprint density at radius 2 is 2.15 bits per heavy atom. The first-order chi connectivity index (χ1) is 9.53. The molecule has 1 aromatic heterocycles. The number of hydrogen-bond acceptors (Lipinski definition) is 4. The summed E-state index contributed by atoms with van der Waals surface area (Å²) in [7, 11) is -3.53. The Kier molecular flexibility index (Phi) is 5.23. The number of sulfonamides is 1. The molecular formula is C14H24N2O3S. The van der Waals surface area contributed by atoms with E-state index in [0.717, 1.165) is 25.8 Å². The average Bonchev–Trinajstić information content (AvgIpc) is 2.75. The van der Waals surface area contributed by atoms with E-state index < -0.39 is 10.0 Å². The van der Waals surface area contributed by atoms with Gasteiger partial charge in [-0.1, -0.05) is 13.3 Å². The third kappa shape index (κ3) is 3.84. The second kappa shape index (κ2) is 6.74. The molecule has 0 aliphatic heterocycles. The topological polar surface area (TPSA) is 71.3 Å². The van der Waals surface area contributed by atoms with E-state index in [2.05, 4.69) is 17.0 Å². The van der Waals surface area contributed by atoms with Crippen LogP contribution in [-0.4, -0.2) is 21.0 Å². The molecule has 0 spiro atoms. The second-order valence-corrected chi connectivity index (χ2v) is 7.14. The Balaban J connectivity index is 1.94. The normalized spacial score (nSPS) is 17.9. The van der Waals surface area contributed by atoms with Crippen LogP contribution in [-0.2, 0) is 16.6 Å². The number of nitrogens with one attached hydrogen (secondary N) is 2. The molecule has 20 heavy (non-hydrogen) atoms. The third-order valence-electron chi connectivity index (χ3n) is 3.83. The van der Waals surface area contributed by atoms with Crippen molar-refractivity contribution in [2.45, 2.75) is 57.2 Å². The fraction of sp³-hybridized carbons (Fsp3) is 0.714. The first-order valence-corrected chi connectivity index (χ1v) is 8.83. The van der Waals surface area contributed by atoms with E-state index in [0.29, 0.717) is 18.2 Å². The van der Waals surface area contributed by atoms with Crippen molar-refractivity contribution < 1.29 is 12.8 Å². The predicted octanol–water partition coefficient (Wildman–Crippen LogP) is 2.25. The summed E-state index contributed by atoms with van der Waals surface area (Å²) in [5, 5.41) is 3.20. The van der Waals surface area contributed by atoms with Crippen LogP contribution in [0.3, 0.4) is 0 Å². The van der Waals surface area contributed by atoms with E-state index >= 15 is 0 Å². The average molecular weight is 300 g/mol. The lowest BCUT2D eigenvalue weighted by molar-refractivity contribution is 0.259. The molecule has 1 aliphatic carbocycles. The molecule has 2 N–H and O–H groups in total. The van der Waals surface area contributed by atoms with Gasteiger partial charge in [-0.05, 0) is 50.8 Å². The molecule has 0 amide bonds. The molecule has 1 atom stereocenters. The molecule has 1 fully saturated rings. The Morgan fingerprint density at radius 1 is 1.40 bits per heavy atom. The Morgan fingerprint density at radius 3 is 2.75 bits per heavy atom. The first kappa shape index (κ1) is 15.5. The Bertz CT molecular complexity index is 520. The third-order valence-corrected chi connectivity index (χ3v) is 5.26. The van der Waals surface area contributed by atoms with E-state index in [4.69, 9.17) is 4.42 Å². The van der Waals surface area contributed by atoms with Gasteiger partial charge in [-0.3, -0.25) is 0 Å². The smallest absolute Gasteiger partial charge is 0.274 e. The summed E-state index contributed by atoms with van der Waals surface area (Å²) in [6.07, 6.45) is 4.44. The SMILES string of the molecule is CCCNCc1ccc(S(=O)(=O)NC(C)C2CCC2)o1. The molecule has 1 saturated carbocycles. The minimum Gasteiger partial charge on any atom is -0.447 e. The van der Waals surface area contributed by atoms with Crippen LogP contribution >= 0.6 is 0 Å². The van der Waals surface area contributed by atoms with Crippen LogP contribution in [0.15, 0.2) is 21.6 Å². The minimum atomic E-state index is -3.53. The van der Waals surface area contributed by atoms with E-state index in [-0.39, 0.29) is 11.1 Å². The molecule has 5 nitrogen and oxygen atoms in total. The fourth-order valence-electron chi connectivity index (χ4n) is 2.32. The van der Waals surface area contributed by atoms with Crippen LogP contribution in [0.4, 0.5) is 0 Å². The largest absolute Gasteiger partial charge is 0.447 e. The van der Waals surface area contributed by atoms with Crippen molar-refractivity contribution in [2.24, 2.45) is 5.92 Å². The quantitative estimate of drug-likeness (QED) is 0.722. The van der Waals surface area contributed by atoms with Crippen LogP contribution in [0.2, 0.25) is 0 Å². The summed E-state index contributed by atoms with van der Waals surface area (Å²) in [4.78, 5) is 0. The zero-order chi connectivity index (χ0) is 14.6. The van der Waals surface area contributed by atoms with Crippen LogP contribution in [0, 0.1) is 5.92 Å². The first-order valence-electron chi connectivity index (χ1n) is 7.34. The van der Waals surface area contributed by atoms with E-state index in [1.165, 1.54) is 12.5 Å². The van der Waals surface area contributed by atoms with Gasteiger partial charge in [-0.15, -0.1) is 0 Å². The molecule has 0 bridgehead atoms. The van der Waals surface area contributed by atoms with Gasteiger partial charge in [0, 0.05) is 6.04 Å². The zero-order valence-corrected chi connectivity index (χ0v) is 13.0. The molecule has 1 aromatic rings. The summed E-state index contributed by atoms with van der Waals surface area (Å²) in [6, 6.07) is 3.21. The maximum absolute atomic E-state index is 12.2. The lowest BCUT2D eigenvalue weighted by atomic mass is 9.81. The molecule has 1 heterocycles. The summed E-state index contributed by atoms with van der Waals surface area (Å²) >= 11 is 0. The van der Waals surface area contributed by atoms with E-state index in [9.17, 15) is 8.42 Å². The molecule has 0 saturated heterocycles. The van der Waals surface area contributed by atoms with Crippen molar-refractivity contribution in [3.63, 3.8) is 0 Å². The highest BCUT2D eigenvalue weighted by atomic mass is 32.2. The highest BCUT2D eigenvalue weighted by Crippen LogP contribution is 2.30. The Hall–Kier alpha value is -0.850. The summed E-state index contributed by atoms with van der Waals surface area (Å²) in [5.41, 5.74) is 0. The minimum absolute atomic E-state index is 0.0111. The van der Waals surface area contributed by atoms with Gasteiger partial charge in [-0.25, -0.2) is 13.1 Å². The summed E-state index contributed by atoms with van der Waals surface area (Å²) in [5.74, 6) is 1.11. The maximum atomic E-state index is 12.2. The van der Waals surface area contributed by atoms with Crippen molar-refractivity contribution >= 4 is 10.0 Å². The van der Waals surface area contributed by atoms with Crippen molar-refractivity contribution in [1.29, 1.82) is 0 Å². The Labute approximate surface area is 121 Å².